The number of nitrogens with two attached hydrogens (primary N) is 1. The summed E-state index contributed by atoms with van der Waals surface area (Å²) < 4.78 is 0. The summed E-state index contributed by atoms with van der Waals surface area (Å²) in [4.78, 5) is 14.7. The Morgan fingerprint density at radius 1 is 1.80 bits per heavy atom. The molecule has 0 radical (unpaired) electrons. The van der Waals surface area contributed by atoms with E-state index in [4.69, 9.17) is 12.2 Å². The van der Waals surface area contributed by atoms with Crippen molar-refractivity contribution < 1.29 is 4.79 Å². The van der Waals surface area contributed by atoms with Gasteiger partial charge in [-0.05, 0) is 19.1 Å². The van der Waals surface area contributed by atoms with Gasteiger partial charge in [-0.1, -0.05) is 0 Å². The Kier molecular flexibility index (Phi) is 3.69. The van der Waals surface area contributed by atoms with E-state index in [-0.39, 0.29) is 11.7 Å². The third-order valence-corrected chi connectivity index (χ3v) is 1.85. The molecular formula is C11H13N3O. The molecule has 4 nitrogen and oxygen atoms in total. The molecule has 1 atom stereocenters. The van der Waals surface area contributed by atoms with Gasteiger partial charge in [0, 0.05) is 24.3 Å². The highest BCUT2D eigenvalue weighted by atomic mass is 16.1. The molecule has 1 heterocycles. The number of nitrogens with one attached hydrogen (secondary N) is 1. The molecule has 0 aliphatic carbocycles. The van der Waals surface area contributed by atoms with Crippen LogP contribution in [0.15, 0.2) is 18.3 Å². The summed E-state index contributed by atoms with van der Waals surface area (Å²) in [5, 5.41) is 3.15. The second-order valence-corrected chi connectivity index (χ2v) is 3.25. The van der Waals surface area contributed by atoms with Crippen molar-refractivity contribution in [3.05, 3.63) is 24.0 Å². The van der Waals surface area contributed by atoms with E-state index < -0.39 is 5.91 Å². The average molecular weight is 203 g/mol. The van der Waals surface area contributed by atoms with Crippen LogP contribution in [-0.4, -0.2) is 16.9 Å². The first-order valence-electron chi connectivity index (χ1n) is 4.59. The lowest BCUT2D eigenvalue weighted by Gasteiger charge is -2.12. The van der Waals surface area contributed by atoms with Crippen LogP contribution in [-0.2, 0) is 0 Å². The molecule has 0 saturated carbocycles. The van der Waals surface area contributed by atoms with E-state index >= 15 is 0 Å². The Morgan fingerprint density at radius 2 is 2.53 bits per heavy atom. The van der Waals surface area contributed by atoms with E-state index in [0.29, 0.717) is 6.42 Å². The lowest BCUT2D eigenvalue weighted by atomic mass is 10.2. The van der Waals surface area contributed by atoms with Crippen molar-refractivity contribution in [2.75, 3.05) is 5.32 Å². The fraction of sp³-hybridized carbons (Fsp3) is 0.273. The minimum Gasteiger partial charge on any atom is -0.382 e. The normalized spacial score (nSPS) is 11.5. The minimum absolute atomic E-state index is 0.151. The number of pyridine rings is 1. The van der Waals surface area contributed by atoms with Gasteiger partial charge in [0.1, 0.15) is 5.69 Å². The van der Waals surface area contributed by atoms with Crippen molar-refractivity contribution in [1.82, 2.24) is 4.98 Å². The zero-order valence-corrected chi connectivity index (χ0v) is 8.53. The van der Waals surface area contributed by atoms with Gasteiger partial charge in [-0.25, -0.2) is 0 Å². The van der Waals surface area contributed by atoms with Crippen molar-refractivity contribution in [2.24, 2.45) is 5.73 Å². The van der Waals surface area contributed by atoms with Crippen LogP contribution in [0.25, 0.3) is 0 Å². The van der Waals surface area contributed by atoms with Crippen molar-refractivity contribution in [1.29, 1.82) is 0 Å². The van der Waals surface area contributed by atoms with E-state index in [9.17, 15) is 4.79 Å². The quantitative estimate of drug-likeness (QED) is 0.717. The third-order valence-electron chi connectivity index (χ3n) is 1.85. The number of amides is 1. The van der Waals surface area contributed by atoms with Crippen LogP contribution in [0.2, 0.25) is 0 Å². The molecule has 1 aromatic rings. The van der Waals surface area contributed by atoms with Crippen LogP contribution in [0, 0.1) is 12.3 Å². The van der Waals surface area contributed by atoms with Crippen LogP contribution in [0.4, 0.5) is 5.69 Å². The van der Waals surface area contributed by atoms with Gasteiger partial charge in [0.25, 0.3) is 5.91 Å². The molecule has 0 aromatic carbocycles. The monoisotopic (exact) mass is 203 g/mol. The smallest absolute Gasteiger partial charge is 0.267 e. The first-order chi connectivity index (χ1) is 7.13. The van der Waals surface area contributed by atoms with E-state index in [2.05, 4.69) is 16.2 Å². The molecule has 3 N–H and O–H groups in total. The number of carbonyl (C=O) groups is 1. The topological polar surface area (TPSA) is 68.0 Å². The number of carbonyl (C=O) groups excluding carboxylic acids is 1. The van der Waals surface area contributed by atoms with Crippen LogP contribution in [0.5, 0.6) is 0 Å². The molecule has 0 bridgehead atoms. The van der Waals surface area contributed by atoms with Crippen LogP contribution >= 0.6 is 0 Å². The molecule has 0 saturated heterocycles. The highest BCUT2D eigenvalue weighted by molar-refractivity contribution is 5.91. The summed E-state index contributed by atoms with van der Waals surface area (Å²) in [6, 6.07) is 3.52. The standard InChI is InChI=1S/C11H13N3O/c1-3-4-8(2)14-9-5-6-13-10(7-9)11(12)15/h1,5-8H,4H2,2H3,(H2,12,15)(H,13,14). The molecule has 1 rings (SSSR count). The van der Waals surface area contributed by atoms with Gasteiger partial charge in [0.15, 0.2) is 0 Å². The summed E-state index contributed by atoms with van der Waals surface area (Å²) >= 11 is 0. The molecule has 0 aliphatic heterocycles. The Labute approximate surface area is 88.9 Å². The van der Waals surface area contributed by atoms with E-state index in [1.54, 1.807) is 12.1 Å². The third kappa shape index (κ3) is 3.31. The van der Waals surface area contributed by atoms with Gasteiger partial charge < -0.3 is 11.1 Å². The molecule has 78 valence electrons. The molecule has 15 heavy (non-hydrogen) atoms. The number of anilines is 1. The van der Waals surface area contributed by atoms with Crippen molar-refractivity contribution in [3.63, 3.8) is 0 Å². The first kappa shape index (κ1) is 11.1. The van der Waals surface area contributed by atoms with Gasteiger partial charge >= 0.3 is 0 Å². The zero-order valence-electron chi connectivity index (χ0n) is 8.53. The summed E-state index contributed by atoms with van der Waals surface area (Å²) in [6.07, 6.45) is 7.34. The lowest BCUT2D eigenvalue weighted by molar-refractivity contribution is 0.0995. The highest BCUT2D eigenvalue weighted by Gasteiger charge is 2.04. The Morgan fingerprint density at radius 3 is 3.13 bits per heavy atom. The summed E-state index contributed by atoms with van der Waals surface area (Å²) in [5.41, 5.74) is 6.15. The predicted molar refractivity (Wildman–Crippen MR) is 59.3 cm³/mol. The lowest BCUT2D eigenvalue weighted by Crippen LogP contribution is -2.16. The van der Waals surface area contributed by atoms with Gasteiger partial charge in [-0.15, -0.1) is 12.3 Å². The van der Waals surface area contributed by atoms with E-state index in [0.717, 1.165) is 5.69 Å². The van der Waals surface area contributed by atoms with Crippen molar-refractivity contribution in [2.45, 2.75) is 19.4 Å². The van der Waals surface area contributed by atoms with Crippen molar-refractivity contribution in [3.8, 4) is 12.3 Å². The van der Waals surface area contributed by atoms with Crippen LogP contribution < -0.4 is 11.1 Å². The Hall–Kier alpha value is -2.02. The molecule has 1 amide bonds. The number of hydrogen-bond acceptors (Lipinski definition) is 3. The maximum atomic E-state index is 10.9. The molecule has 4 heteroatoms. The SMILES string of the molecule is C#CCC(C)Nc1ccnc(C(N)=O)c1. The number of terminal acetylenes is 1. The number of rotatable bonds is 4. The summed E-state index contributed by atoms with van der Waals surface area (Å²) in [6.45, 7) is 1.96. The minimum atomic E-state index is -0.539. The Balaban J connectivity index is 2.74. The molecule has 1 aromatic heterocycles. The van der Waals surface area contributed by atoms with Crippen molar-refractivity contribution >= 4 is 11.6 Å². The number of primary amides is 1. The van der Waals surface area contributed by atoms with E-state index in [1.165, 1.54) is 6.20 Å². The molecule has 0 fully saturated rings. The maximum absolute atomic E-state index is 10.9. The van der Waals surface area contributed by atoms with Gasteiger partial charge in [0.2, 0.25) is 0 Å². The van der Waals surface area contributed by atoms with Crippen LogP contribution in [0.1, 0.15) is 23.8 Å². The molecule has 0 spiro atoms. The molecular weight excluding hydrogens is 190 g/mol. The number of nitrogens with zero attached hydrogens (tertiary/aromatic N) is 1. The second kappa shape index (κ2) is 5.01. The van der Waals surface area contributed by atoms with Crippen LogP contribution in [0.3, 0.4) is 0 Å². The average Bonchev–Trinajstić information content (AvgIpc) is 2.18. The fourth-order valence-corrected chi connectivity index (χ4v) is 1.17. The second-order valence-electron chi connectivity index (χ2n) is 3.25. The zero-order chi connectivity index (χ0) is 11.3. The predicted octanol–water partition coefficient (Wildman–Crippen LogP) is 1.00. The fourth-order valence-electron chi connectivity index (χ4n) is 1.17. The number of aromatic nitrogens is 1. The number of hydrogen-bond donors (Lipinski definition) is 2. The first-order valence-corrected chi connectivity index (χ1v) is 4.59. The maximum Gasteiger partial charge on any atom is 0.267 e. The van der Waals surface area contributed by atoms with Gasteiger partial charge in [-0.2, -0.15) is 0 Å². The van der Waals surface area contributed by atoms with Gasteiger partial charge in [0.05, 0.1) is 0 Å². The highest BCUT2D eigenvalue weighted by Crippen LogP contribution is 2.10. The molecule has 1 unspecified atom stereocenters. The largest absolute Gasteiger partial charge is 0.382 e. The summed E-state index contributed by atoms with van der Waals surface area (Å²) in [5.74, 6) is 2.02. The van der Waals surface area contributed by atoms with Gasteiger partial charge in [-0.3, -0.25) is 9.78 Å². The Bertz CT molecular complexity index is 395. The molecule has 0 aliphatic rings. The van der Waals surface area contributed by atoms with E-state index in [1.807, 2.05) is 6.92 Å². The summed E-state index contributed by atoms with van der Waals surface area (Å²) in [7, 11) is 0.